The average molecular weight is 426 g/mol. The van der Waals surface area contributed by atoms with E-state index in [-0.39, 0.29) is 0 Å². The number of nitriles is 3. The molecule has 1 N–H and O–H groups in total. The van der Waals surface area contributed by atoms with Crippen molar-refractivity contribution in [2.45, 2.75) is 38.1 Å². The van der Waals surface area contributed by atoms with Gasteiger partial charge in [-0.2, -0.15) is 15.8 Å². The maximum absolute atomic E-state index is 10.4. The predicted octanol–water partition coefficient (Wildman–Crippen LogP) is 4.60. The molecule has 2 aromatic rings. The molecule has 4 unspecified atom stereocenters. The summed E-state index contributed by atoms with van der Waals surface area (Å²) in [6.45, 7) is 4.23. The molecule has 2 fully saturated rings. The molecule has 0 amide bonds. The summed E-state index contributed by atoms with van der Waals surface area (Å²) in [6, 6.07) is 22.2. The van der Waals surface area contributed by atoms with Gasteiger partial charge in [-0.3, -0.25) is 5.41 Å². The highest BCUT2D eigenvalue weighted by atomic mass is 16.7. The maximum Gasteiger partial charge on any atom is 0.218 e. The fourth-order valence-electron chi connectivity index (χ4n) is 4.89. The van der Waals surface area contributed by atoms with Gasteiger partial charge in [-0.15, -0.1) is 0 Å². The zero-order chi connectivity index (χ0) is 23.0. The van der Waals surface area contributed by atoms with E-state index in [9.17, 15) is 15.8 Å². The van der Waals surface area contributed by atoms with E-state index in [0.29, 0.717) is 23.5 Å². The van der Waals surface area contributed by atoms with Gasteiger partial charge in [-0.1, -0.05) is 49.4 Å². The van der Waals surface area contributed by atoms with Crippen molar-refractivity contribution in [3.8, 4) is 24.0 Å². The molecule has 0 spiro atoms. The third-order valence-corrected chi connectivity index (χ3v) is 6.31. The Morgan fingerprint density at radius 1 is 0.969 bits per heavy atom. The number of nitrogens with zero attached hydrogens (tertiary/aromatic N) is 3. The molecule has 2 heterocycles. The largest absolute Gasteiger partial charge is 0.494 e. The zero-order valence-corrected chi connectivity index (χ0v) is 17.8. The number of hydrogen-bond acceptors (Lipinski definition) is 7. The van der Waals surface area contributed by atoms with Gasteiger partial charge in [0.25, 0.3) is 0 Å². The molecule has 0 aromatic heterocycles. The fraction of sp³-hybridized carbons (Fsp3) is 0.360. The summed E-state index contributed by atoms with van der Waals surface area (Å²) in [5.74, 6) is -2.02. The maximum atomic E-state index is 10.4. The van der Waals surface area contributed by atoms with Crippen LogP contribution in [0.5, 0.6) is 5.75 Å². The quantitative estimate of drug-likeness (QED) is 0.745. The van der Waals surface area contributed by atoms with Crippen LogP contribution in [0.2, 0.25) is 0 Å². The van der Waals surface area contributed by atoms with Gasteiger partial charge in [0, 0.05) is 6.92 Å². The molecule has 2 saturated heterocycles. The van der Waals surface area contributed by atoms with Crippen molar-refractivity contribution in [3.05, 3.63) is 65.7 Å². The number of benzene rings is 2. The van der Waals surface area contributed by atoms with Gasteiger partial charge < -0.3 is 14.2 Å². The van der Waals surface area contributed by atoms with Crippen molar-refractivity contribution < 1.29 is 14.2 Å². The summed E-state index contributed by atoms with van der Waals surface area (Å²) in [6.07, 6.45) is -0.242. The molecule has 2 aliphatic heterocycles. The van der Waals surface area contributed by atoms with Gasteiger partial charge in [0.2, 0.25) is 17.1 Å². The van der Waals surface area contributed by atoms with Gasteiger partial charge in [0.15, 0.2) is 5.41 Å². The van der Waals surface area contributed by atoms with E-state index in [0.717, 1.165) is 6.42 Å². The summed E-state index contributed by atoms with van der Waals surface area (Å²) in [5.41, 5.74) is -2.67. The Morgan fingerprint density at radius 2 is 1.62 bits per heavy atom. The van der Waals surface area contributed by atoms with Crippen LogP contribution in [0.1, 0.15) is 43.4 Å². The summed E-state index contributed by atoms with van der Waals surface area (Å²) >= 11 is 0. The van der Waals surface area contributed by atoms with E-state index in [2.05, 4.69) is 18.2 Å². The first-order valence-electron chi connectivity index (χ1n) is 10.4. The highest BCUT2D eigenvalue weighted by Gasteiger charge is 2.79. The second-order valence-electron chi connectivity index (χ2n) is 8.16. The zero-order valence-electron chi connectivity index (χ0n) is 17.8. The van der Waals surface area contributed by atoms with Crippen molar-refractivity contribution in [1.29, 1.82) is 21.2 Å². The van der Waals surface area contributed by atoms with Crippen LogP contribution < -0.4 is 4.74 Å². The van der Waals surface area contributed by atoms with E-state index < -0.39 is 34.5 Å². The number of ether oxygens (including phenoxy) is 3. The van der Waals surface area contributed by atoms with Crippen molar-refractivity contribution in [2.75, 3.05) is 6.61 Å². The number of rotatable bonds is 5. The summed E-state index contributed by atoms with van der Waals surface area (Å²) in [4.78, 5) is 0. The van der Waals surface area contributed by atoms with E-state index in [4.69, 9.17) is 19.6 Å². The van der Waals surface area contributed by atoms with Gasteiger partial charge in [-0.25, -0.2) is 0 Å². The molecule has 7 nitrogen and oxygen atoms in total. The van der Waals surface area contributed by atoms with Gasteiger partial charge >= 0.3 is 0 Å². The Bertz CT molecular complexity index is 1140. The molecule has 2 aromatic carbocycles. The molecule has 4 atom stereocenters. The number of fused-ring (bicyclic) bond motifs is 2. The second kappa shape index (κ2) is 7.68. The van der Waals surface area contributed by atoms with Crippen molar-refractivity contribution >= 4 is 5.90 Å². The predicted molar refractivity (Wildman–Crippen MR) is 114 cm³/mol. The van der Waals surface area contributed by atoms with Gasteiger partial charge in [-0.05, 0) is 29.7 Å². The molecule has 2 aliphatic rings. The average Bonchev–Trinajstić information content (AvgIpc) is 3.01. The fourth-order valence-corrected chi connectivity index (χ4v) is 4.89. The molecular weight excluding hydrogens is 404 g/mol. The minimum Gasteiger partial charge on any atom is -0.494 e. The lowest BCUT2D eigenvalue weighted by Crippen LogP contribution is -2.57. The third-order valence-electron chi connectivity index (χ3n) is 6.31. The first kappa shape index (κ1) is 21.4. The van der Waals surface area contributed by atoms with Gasteiger partial charge in [0.05, 0.1) is 30.7 Å². The summed E-state index contributed by atoms with van der Waals surface area (Å²) in [7, 11) is 0. The molecule has 0 radical (unpaired) electrons. The van der Waals surface area contributed by atoms with Crippen LogP contribution in [-0.2, 0) is 9.47 Å². The Morgan fingerprint density at radius 3 is 2.19 bits per heavy atom. The minimum absolute atomic E-state index is 0.426. The highest BCUT2D eigenvalue weighted by molar-refractivity contribution is 5.90. The van der Waals surface area contributed by atoms with E-state index in [1.807, 2.05) is 13.0 Å². The first-order chi connectivity index (χ1) is 15.4. The van der Waals surface area contributed by atoms with Crippen LogP contribution in [0.15, 0.2) is 54.6 Å². The van der Waals surface area contributed by atoms with Gasteiger partial charge in [0.1, 0.15) is 11.9 Å². The Balaban J connectivity index is 1.90. The second-order valence-corrected chi connectivity index (χ2v) is 8.16. The standard InChI is InChI=1S/C25H22N4O3/c1-3-13-30-19-11-9-18(10-12-19)21-24(14-26,15-27)25(16-28)20(17-7-5-4-6-8-17)23(2,31-21)32-22(25)29/h4-12,20-21,29H,3,13H2,1-2H3. The first-order valence-corrected chi connectivity index (χ1v) is 10.4. The SMILES string of the molecule is CCCOc1ccc(C2OC3(C)OC(=N)C(C#N)(C3c3ccccc3)C2(C#N)C#N)cc1. The van der Waals surface area contributed by atoms with Crippen molar-refractivity contribution in [3.63, 3.8) is 0 Å². The topological polar surface area (TPSA) is 123 Å². The van der Waals surface area contributed by atoms with Crippen molar-refractivity contribution in [1.82, 2.24) is 0 Å². The summed E-state index contributed by atoms with van der Waals surface area (Å²) < 4.78 is 17.8. The summed E-state index contributed by atoms with van der Waals surface area (Å²) in [5, 5.41) is 39.7. The third kappa shape index (κ3) is 2.71. The van der Waals surface area contributed by atoms with Crippen LogP contribution in [-0.4, -0.2) is 18.3 Å². The van der Waals surface area contributed by atoms with Crippen LogP contribution in [0.25, 0.3) is 0 Å². The smallest absolute Gasteiger partial charge is 0.218 e. The number of hydrogen-bond donors (Lipinski definition) is 1. The van der Waals surface area contributed by atoms with Crippen LogP contribution in [0, 0.1) is 50.2 Å². The normalized spacial score (nSPS) is 29.8. The Kier molecular flexibility index (Phi) is 5.13. The lowest BCUT2D eigenvalue weighted by molar-refractivity contribution is -0.253. The Labute approximate surface area is 186 Å². The lowest BCUT2D eigenvalue weighted by Gasteiger charge is -2.48. The van der Waals surface area contributed by atoms with E-state index in [1.165, 1.54) is 0 Å². The molecule has 0 aliphatic carbocycles. The van der Waals surface area contributed by atoms with E-state index >= 15 is 0 Å². The molecule has 0 saturated carbocycles. The number of nitrogens with one attached hydrogen (secondary N) is 1. The monoisotopic (exact) mass is 426 g/mol. The minimum atomic E-state index is -2.01. The van der Waals surface area contributed by atoms with Crippen LogP contribution >= 0.6 is 0 Å². The molecule has 4 rings (SSSR count). The van der Waals surface area contributed by atoms with E-state index in [1.54, 1.807) is 55.5 Å². The lowest BCUT2D eigenvalue weighted by atomic mass is 9.52. The van der Waals surface area contributed by atoms with Crippen molar-refractivity contribution in [2.24, 2.45) is 10.8 Å². The molecule has 160 valence electrons. The highest BCUT2D eigenvalue weighted by Crippen LogP contribution is 2.69. The Hall–Kier alpha value is -3.86. The molecule has 2 bridgehead atoms. The van der Waals surface area contributed by atoms with Crippen LogP contribution in [0.3, 0.4) is 0 Å². The molecule has 32 heavy (non-hydrogen) atoms. The molecular formula is C25H22N4O3. The molecule has 7 heteroatoms. The van der Waals surface area contributed by atoms with Crippen LogP contribution in [0.4, 0.5) is 0 Å².